The zero-order valence-electron chi connectivity index (χ0n) is 12.1. The van der Waals surface area contributed by atoms with Crippen LogP contribution in [-0.4, -0.2) is 41.6 Å². The fraction of sp³-hybridized carbons (Fsp3) is 0.600. The Labute approximate surface area is 118 Å². The van der Waals surface area contributed by atoms with Gasteiger partial charge in [-0.05, 0) is 26.8 Å². The number of aliphatic hydroxyl groups excluding tert-OH is 2. The third-order valence-corrected chi connectivity index (χ3v) is 3.47. The topological polar surface area (TPSA) is 52.9 Å². The van der Waals surface area contributed by atoms with Crippen LogP contribution in [0.2, 0.25) is 0 Å². The Bertz CT molecular complexity index is 476. The summed E-state index contributed by atoms with van der Waals surface area (Å²) < 4.78 is 20.0. The fourth-order valence-corrected chi connectivity index (χ4v) is 2.76. The lowest BCUT2D eigenvalue weighted by atomic mass is 10.0. The van der Waals surface area contributed by atoms with E-state index in [1.165, 1.54) is 6.07 Å². The molecule has 5 heteroatoms. The van der Waals surface area contributed by atoms with Gasteiger partial charge in [-0.15, -0.1) is 0 Å². The predicted molar refractivity (Wildman–Crippen MR) is 75.3 cm³/mol. The van der Waals surface area contributed by atoms with E-state index in [4.69, 9.17) is 4.74 Å². The molecule has 1 fully saturated rings. The number of halogens is 1. The number of benzene rings is 1. The first-order chi connectivity index (χ1) is 9.34. The van der Waals surface area contributed by atoms with Crippen LogP contribution in [0.5, 0.6) is 0 Å². The van der Waals surface area contributed by atoms with Crippen LogP contribution in [0.1, 0.15) is 32.4 Å². The summed E-state index contributed by atoms with van der Waals surface area (Å²) in [6.07, 6.45) is -1.11. The van der Waals surface area contributed by atoms with Crippen molar-refractivity contribution in [2.45, 2.75) is 38.6 Å². The largest absolute Gasteiger partial charge is 0.394 e. The molecule has 0 spiro atoms. The van der Waals surface area contributed by atoms with Crippen molar-refractivity contribution < 1.29 is 19.3 Å². The lowest BCUT2D eigenvalue weighted by molar-refractivity contribution is -0.101. The highest BCUT2D eigenvalue weighted by molar-refractivity contribution is 5.56. The Morgan fingerprint density at radius 2 is 2.20 bits per heavy atom. The van der Waals surface area contributed by atoms with E-state index in [9.17, 15) is 14.6 Å². The van der Waals surface area contributed by atoms with Crippen LogP contribution in [0.25, 0.3) is 0 Å². The zero-order chi connectivity index (χ0) is 14.9. The van der Waals surface area contributed by atoms with Crippen LogP contribution in [-0.2, 0) is 4.74 Å². The van der Waals surface area contributed by atoms with Crippen molar-refractivity contribution >= 4 is 5.69 Å². The Morgan fingerprint density at radius 3 is 2.80 bits per heavy atom. The second-order valence-electron chi connectivity index (χ2n) is 5.92. The van der Waals surface area contributed by atoms with Crippen molar-refractivity contribution in [2.24, 2.45) is 0 Å². The third-order valence-electron chi connectivity index (χ3n) is 3.47. The number of anilines is 1. The summed E-state index contributed by atoms with van der Waals surface area (Å²) in [7, 11) is 0. The van der Waals surface area contributed by atoms with Gasteiger partial charge in [0.1, 0.15) is 5.82 Å². The lowest BCUT2D eigenvalue weighted by Crippen LogP contribution is -2.54. The Hall–Kier alpha value is -1.17. The normalized spacial score (nSPS) is 23.7. The summed E-state index contributed by atoms with van der Waals surface area (Å²) in [5.74, 6) is -0.363. The van der Waals surface area contributed by atoms with Crippen LogP contribution in [0, 0.1) is 5.82 Å². The second-order valence-corrected chi connectivity index (χ2v) is 5.92. The van der Waals surface area contributed by atoms with E-state index in [1.54, 1.807) is 19.1 Å². The number of ether oxygens (including phenoxy) is 1. The number of hydrogen-bond acceptors (Lipinski definition) is 4. The molecule has 1 heterocycles. The predicted octanol–water partition coefficient (Wildman–Crippen LogP) is 1.86. The fourth-order valence-electron chi connectivity index (χ4n) is 2.76. The number of hydrogen-bond donors (Lipinski definition) is 2. The van der Waals surface area contributed by atoms with E-state index in [-0.39, 0.29) is 18.5 Å². The summed E-state index contributed by atoms with van der Waals surface area (Å²) >= 11 is 0. The first-order valence-electron chi connectivity index (χ1n) is 6.84. The van der Waals surface area contributed by atoms with Crippen molar-refractivity contribution in [3.05, 3.63) is 29.6 Å². The molecule has 2 rings (SSSR count). The highest BCUT2D eigenvalue weighted by Gasteiger charge is 2.35. The maximum atomic E-state index is 14.2. The maximum absolute atomic E-state index is 14.2. The van der Waals surface area contributed by atoms with Crippen LogP contribution < -0.4 is 4.90 Å². The Kier molecular flexibility index (Phi) is 4.32. The molecule has 4 nitrogen and oxygen atoms in total. The average molecular weight is 283 g/mol. The molecule has 20 heavy (non-hydrogen) atoms. The van der Waals surface area contributed by atoms with E-state index in [2.05, 4.69) is 0 Å². The summed E-state index contributed by atoms with van der Waals surface area (Å²) in [6.45, 7) is 6.23. The maximum Gasteiger partial charge on any atom is 0.146 e. The number of aliphatic hydroxyl groups is 2. The van der Waals surface area contributed by atoms with E-state index in [0.29, 0.717) is 24.3 Å². The van der Waals surface area contributed by atoms with Gasteiger partial charge >= 0.3 is 0 Å². The molecule has 1 aromatic carbocycles. The molecule has 2 atom stereocenters. The van der Waals surface area contributed by atoms with Gasteiger partial charge in [0.05, 0.1) is 30.1 Å². The number of morpholine rings is 1. The minimum Gasteiger partial charge on any atom is -0.394 e. The van der Waals surface area contributed by atoms with Gasteiger partial charge in [0.2, 0.25) is 0 Å². The molecule has 0 aliphatic carbocycles. The molecule has 0 bridgehead atoms. The monoisotopic (exact) mass is 283 g/mol. The van der Waals surface area contributed by atoms with Crippen LogP contribution in [0.4, 0.5) is 10.1 Å². The van der Waals surface area contributed by atoms with Gasteiger partial charge in [-0.3, -0.25) is 0 Å². The molecule has 0 saturated carbocycles. The molecule has 2 N–H and O–H groups in total. The summed E-state index contributed by atoms with van der Waals surface area (Å²) in [6, 6.07) is 4.70. The smallest absolute Gasteiger partial charge is 0.146 e. The molecule has 1 aromatic rings. The van der Waals surface area contributed by atoms with E-state index in [0.717, 1.165) is 0 Å². The molecule has 0 radical (unpaired) electrons. The van der Waals surface area contributed by atoms with Crippen LogP contribution >= 0.6 is 0 Å². The van der Waals surface area contributed by atoms with E-state index < -0.39 is 11.7 Å². The molecular formula is C15H22FNO3. The van der Waals surface area contributed by atoms with Gasteiger partial charge in [0, 0.05) is 18.7 Å². The molecular weight excluding hydrogens is 261 g/mol. The van der Waals surface area contributed by atoms with Gasteiger partial charge in [-0.1, -0.05) is 12.1 Å². The molecule has 1 saturated heterocycles. The zero-order valence-corrected chi connectivity index (χ0v) is 12.1. The van der Waals surface area contributed by atoms with E-state index >= 15 is 0 Å². The standard InChI is InChI=1S/C15H22FNO3/c1-10(19)12-5-4-6-13(16)14(12)17-7-11(8-18)20-15(2,3)9-17/h4-6,10-11,18-19H,7-9H2,1-3H3/t10-,11?/m0/s1. The molecule has 1 unspecified atom stereocenters. The average Bonchev–Trinajstić information content (AvgIpc) is 2.36. The first kappa shape index (κ1) is 15.2. The second kappa shape index (κ2) is 5.68. The van der Waals surface area contributed by atoms with Gasteiger partial charge < -0.3 is 19.8 Å². The molecule has 1 aliphatic rings. The van der Waals surface area contributed by atoms with Gasteiger partial charge in [-0.25, -0.2) is 4.39 Å². The Morgan fingerprint density at radius 1 is 1.50 bits per heavy atom. The van der Waals surface area contributed by atoms with Crippen molar-refractivity contribution in [1.29, 1.82) is 0 Å². The number of rotatable bonds is 3. The van der Waals surface area contributed by atoms with Crippen molar-refractivity contribution in [1.82, 2.24) is 0 Å². The molecule has 0 amide bonds. The summed E-state index contributed by atoms with van der Waals surface area (Å²) in [5, 5.41) is 19.2. The lowest BCUT2D eigenvalue weighted by Gasteiger charge is -2.44. The van der Waals surface area contributed by atoms with E-state index in [1.807, 2.05) is 18.7 Å². The Balaban J connectivity index is 2.40. The summed E-state index contributed by atoms with van der Waals surface area (Å²) in [5.41, 5.74) is 0.473. The van der Waals surface area contributed by atoms with Gasteiger partial charge in [0.25, 0.3) is 0 Å². The summed E-state index contributed by atoms with van der Waals surface area (Å²) in [4.78, 5) is 1.85. The first-order valence-corrected chi connectivity index (χ1v) is 6.84. The quantitative estimate of drug-likeness (QED) is 0.889. The molecule has 0 aromatic heterocycles. The van der Waals surface area contributed by atoms with Gasteiger partial charge in [-0.2, -0.15) is 0 Å². The minimum atomic E-state index is -0.751. The highest BCUT2D eigenvalue weighted by atomic mass is 19.1. The third kappa shape index (κ3) is 3.11. The number of nitrogens with zero attached hydrogens (tertiary/aromatic N) is 1. The van der Waals surface area contributed by atoms with Crippen molar-refractivity contribution in [3.63, 3.8) is 0 Å². The van der Waals surface area contributed by atoms with Crippen LogP contribution in [0.3, 0.4) is 0 Å². The van der Waals surface area contributed by atoms with Gasteiger partial charge in [0.15, 0.2) is 0 Å². The molecule has 112 valence electrons. The van der Waals surface area contributed by atoms with Crippen molar-refractivity contribution in [2.75, 3.05) is 24.6 Å². The number of para-hydroxylation sites is 1. The SMILES string of the molecule is C[C@H](O)c1cccc(F)c1N1CC(CO)OC(C)(C)C1. The van der Waals surface area contributed by atoms with Crippen LogP contribution in [0.15, 0.2) is 18.2 Å². The minimum absolute atomic E-state index is 0.113. The molecule has 1 aliphatic heterocycles. The highest BCUT2D eigenvalue weighted by Crippen LogP contribution is 2.33. The van der Waals surface area contributed by atoms with Crippen molar-refractivity contribution in [3.8, 4) is 0 Å².